The molecule has 2 rings (SSSR count). The fourth-order valence-electron chi connectivity index (χ4n) is 1.24. The monoisotopic (exact) mass is 235 g/mol. The fraction of sp³-hybridized carbons (Fsp3) is 0.333. The molecule has 82 valence electrons. The van der Waals surface area contributed by atoms with Crippen LogP contribution < -0.4 is 0 Å². The zero-order valence-electron chi connectivity index (χ0n) is 7.67. The highest BCUT2D eigenvalue weighted by molar-refractivity contribution is 7.95. The van der Waals surface area contributed by atoms with Crippen molar-refractivity contribution in [1.82, 2.24) is 0 Å². The van der Waals surface area contributed by atoms with Crippen molar-refractivity contribution in [3.8, 4) is 0 Å². The van der Waals surface area contributed by atoms with Crippen LogP contribution in [0.25, 0.3) is 0 Å². The van der Waals surface area contributed by atoms with E-state index in [1.54, 1.807) is 0 Å². The molecule has 0 bridgehead atoms. The third-order valence-corrected chi connectivity index (χ3v) is 4.56. The minimum absolute atomic E-state index is 0.362. The van der Waals surface area contributed by atoms with Gasteiger partial charge in [-0.3, -0.25) is 0 Å². The molecule has 1 aliphatic rings. The summed E-state index contributed by atoms with van der Waals surface area (Å²) in [5.41, 5.74) is -0.362. The van der Waals surface area contributed by atoms with E-state index in [1.165, 1.54) is 0 Å². The minimum atomic E-state index is -2.40. The van der Waals surface area contributed by atoms with Crippen LogP contribution in [0.5, 0.6) is 0 Å². The van der Waals surface area contributed by atoms with Crippen LogP contribution in [0.15, 0.2) is 16.5 Å². The molecule has 6 heteroatoms. The summed E-state index contributed by atoms with van der Waals surface area (Å²) >= 11 is 0. The summed E-state index contributed by atoms with van der Waals surface area (Å²) in [5.74, 6) is -2.65. The topological polar surface area (TPSA) is 29.4 Å². The van der Waals surface area contributed by atoms with Crippen molar-refractivity contribution in [3.05, 3.63) is 29.6 Å². The molecular weight excluding hydrogens is 227 g/mol. The Labute approximate surface area is 85.3 Å². The Morgan fingerprint density at radius 2 is 1.67 bits per heavy atom. The predicted molar refractivity (Wildman–Crippen MR) is 50.9 cm³/mol. The van der Waals surface area contributed by atoms with Gasteiger partial charge in [0.2, 0.25) is 0 Å². The first kappa shape index (κ1) is 10.5. The molecule has 0 amide bonds. The van der Waals surface area contributed by atoms with Crippen LogP contribution in [0.3, 0.4) is 0 Å². The van der Waals surface area contributed by atoms with E-state index in [1.807, 2.05) is 0 Å². The van der Waals surface area contributed by atoms with Crippen molar-refractivity contribution in [2.75, 3.05) is 11.5 Å². The van der Waals surface area contributed by atoms with Gasteiger partial charge < -0.3 is 0 Å². The predicted octanol–water partition coefficient (Wildman–Crippen LogP) is 2.61. The van der Waals surface area contributed by atoms with Gasteiger partial charge in [0.15, 0.2) is 17.5 Å². The smallest absolute Gasteiger partial charge is 0.161 e. The Bertz CT molecular complexity index is 510. The molecule has 0 aliphatic carbocycles. The molecule has 0 N–H and O–H groups in total. The lowest BCUT2D eigenvalue weighted by Gasteiger charge is -2.17. The molecule has 1 aliphatic heterocycles. The van der Waals surface area contributed by atoms with Crippen LogP contribution in [0.4, 0.5) is 18.9 Å². The summed E-state index contributed by atoms with van der Waals surface area (Å²) in [7, 11) is -2.40. The van der Waals surface area contributed by atoms with Crippen LogP contribution in [-0.4, -0.2) is 15.7 Å². The molecule has 0 aromatic heterocycles. The van der Waals surface area contributed by atoms with Crippen LogP contribution in [-0.2, 0) is 9.73 Å². The van der Waals surface area contributed by atoms with Crippen molar-refractivity contribution in [2.45, 2.75) is 6.42 Å². The van der Waals surface area contributed by atoms with E-state index in [-0.39, 0.29) is 5.69 Å². The Morgan fingerprint density at radius 1 is 1.07 bits per heavy atom. The van der Waals surface area contributed by atoms with Gasteiger partial charge in [-0.05, 0) is 6.42 Å². The second-order valence-electron chi connectivity index (χ2n) is 3.34. The number of halogens is 3. The Morgan fingerprint density at radius 3 is 2.20 bits per heavy atom. The maximum Gasteiger partial charge on any atom is 0.161 e. The number of nitrogens with zero attached hydrogens (tertiary/aromatic N) is 1. The minimum Gasteiger partial charge on any atom is -0.249 e. The van der Waals surface area contributed by atoms with E-state index < -0.39 is 27.2 Å². The highest BCUT2D eigenvalue weighted by Crippen LogP contribution is 2.26. The largest absolute Gasteiger partial charge is 0.249 e. The number of benzene rings is 1. The lowest BCUT2D eigenvalue weighted by molar-refractivity contribution is 0.496. The zero-order chi connectivity index (χ0) is 11.1. The second-order valence-corrected chi connectivity index (χ2v) is 5.89. The molecule has 1 heterocycles. The molecule has 0 saturated carbocycles. The summed E-state index contributed by atoms with van der Waals surface area (Å²) in [6.07, 6.45) is 0.771. The quantitative estimate of drug-likeness (QED) is 0.688. The molecule has 1 fully saturated rings. The summed E-state index contributed by atoms with van der Waals surface area (Å²) in [6.45, 7) is 0. The third kappa shape index (κ3) is 1.99. The van der Waals surface area contributed by atoms with E-state index >= 15 is 0 Å². The second kappa shape index (κ2) is 3.52. The summed E-state index contributed by atoms with van der Waals surface area (Å²) < 4.78 is 53.7. The van der Waals surface area contributed by atoms with Gasteiger partial charge >= 0.3 is 0 Å². The molecule has 1 aromatic rings. The van der Waals surface area contributed by atoms with Crippen molar-refractivity contribution in [3.63, 3.8) is 0 Å². The fourth-order valence-corrected chi connectivity index (χ4v) is 2.71. The van der Waals surface area contributed by atoms with Crippen LogP contribution >= 0.6 is 0 Å². The number of hydrogen-bond acceptors (Lipinski definition) is 2. The van der Waals surface area contributed by atoms with E-state index in [0.29, 0.717) is 23.6 Å². The maximum atomic E-state index is 13.1. The van der Waals surface area contributed by atoms with E-state index in [4.69, 9.17) is 0 Å². The normalized spacial score (nSPS) is 18.3. The van der Waals surface area contributed by atoms with Crippen molar-refractivity contribution in [2.24, 2.45) is 4.36 Å². The van der Waals surface area contributed by atoms with Gasteiger partial charge in [0.1, 0.15) is 5.69 Å². The summed E-state index contributed by atoms with van der Waals surface area (Å²) in [4.78, 5) is 0. The molecule has 15 heavy (non-hydrogen) atoms. The molecular formula is C9H8F3NOS. The van der Waals surface area contributed by atoms with Gasteiger partial charge in [-0.15, -0.1) is 0 Å². The molecule has 0 unspecified atom stereocenters. The Hall–Kier alpha value is -1.04. The third-order valence-electron chi connectivity index (χ3n) is 2.18. The molecule has 0 atom stereocenters. The highest BCUT2D eigenvalue weighted by atomic mass is 32.2. The molecule has 1 saturated heterocycles. The average Bonchev–Trinajstić information content (AvgIpc) is 2.11. The Kier molecular flexibility index (Phi) is 2.46. The van der Waals surface area contributed by atoms with Gasteiger partial charge in [0, 0.05) is 23.6 Å². The van der Waals surface area contributed by atoms with Gasteiger partial charge in [0.25, 0.3) is 0 Å². The number of hydrogen-bond donors (Lipinski definition) is 0. The summed E-state index contributed by atoms with van der Waals surface area (Å²) in [6, 6.07) is 1.05. The van der Waals surface area contributed by atoms with Gasteiger partial charge in [-0.2, -0.15) is 4.36 Å². The van der Waals surface area contributed by atoms with Crippen molar-refractivity contribution in [1.29, 1.82) is 0 Å². The molecule has 2 nitrogen and oxygen atoms in total. The lowest BCUT2D eigenvalue weighted by atomic mass is 10.3. The first-order valence-corrected chi connectivity index (χ1v) is 6.23. The number of rotatable bonds is 1. The first-order chi connectivity index (χ1) is 7.00. The van der Waals surface area contributed by atoms with Crippen LogP contribution in [0.2, 0.25) is 0 Å². The molecule has 0 spiro atoms. The average molecular weight is 235 g/mol. The van der Waals surface area contributed by atoms with Crippen molar-refractivity contribution >= 4 is 15.4 Å². The van der Waals surface area contributed by atoms with Crippen molar-refractivity contribution < 1.29 is 17.4 Å². The summed E-state index contributed by atoms with van der Waals surface area (Å²) in [5, 5.41) is 0. The van der Waals surface area contributed by atoms with E-state index in [9.17, 15) is 17.4 Å². The maximum absolute atomic E-state index is 13.1. The Balaban J connectivity index is 2.50. The first-order valence-electron chi connectivity index (χ1n) is 4.37. The van der Waals surface area contributed by atoms with Crippen LogP contribution in [0, 0.1) is 17.5 Å². The SMILES string of the molecule is O=S1(=Nc2cc(F)c(F)cc2F)CCC1. The van der Waals surface area contributed by atoms with Gasteiger partial charge in [-0.1, -0.05) is 0 Å². The van der Waals surface area contributed by atoms with Gasteiger partial charge in [-0.25, -0.2) is 17.4 Å². The standard InChI is InChI=1S/C9H8F3NOS/c10-6-4-8(12)9(5-7(6)11)13-15(14)2-1-3-15/h4-5H,1-3H2. The molecule has 0 radical (unpaired) electrons. The van der Waals surface area contributed by atoms with Gasteiger partial charge in [0.05, 0.1) is 9.73 Å². The highest BCUT2D eigenvalue weighted by Gasteiger charge is 2.20. The van der Waals surface area contributed by atoms with E-state index in [0.717, 1.165) is 6.42 Å². The lowest BCUT2D eigenvalue weighted by Crippen LogP contribution is -2.23. The zero-order valence-corrected chi connectivity index (χ0v) is 8.49. The van der Waals surface area contributed by atoms with E-state index in [2.05, 4.69) is 4.36 Å². The molecule has 1 aromatic carbocycles. The van der Waals surface area contributed by atoms with Crippen LogP contribution in [0.1, 0.15) is 6.42 Å².